The summed E-state index contributed by atoms with van der Waals surface area (Å²) >= 11 is 8.82. The molecule has 0 unspecified atom stereocenters. The number of halogens is 1. The lowest BCUT2D eigenvalue weighted by Gasteiger charge is -2.37. The SMILES string of the molecule is Cc1ccc(N2CCN(CN3C(=O)S/C(=C/c4cccs4)C3=O)CC2)cc1Cl. The highest BCUT2D eigenvalue weighted by Crippen LogP contribution is 2.33. The number of rotatable bonds is 4. The summed E-state index contributed by atoms with van der Waals surface area (Å²) in [7, 11) is 0. The predicted octanol–water partition coefficient (Wildman–Crippen LogP) is 4.53. The Kier molecular flexibility index (Phi) is 5.78. The molecule has 3 heterocycles. The number of carbonyl (C=O) groups is 2. The van der Waals surface area contributed by atoms with Crippen LogP contribution in [0.3, 0.4) is 0 Å². The maximum Gasteiger partial charge on any atom is 0.294 e. The molecule has 2 aliphatic rings. The Bertz CT molecular complexity index is 922. The van der Waals surface area contributed by atoms with E-state index in [1.807, 2.05) is 36.6 Å². The third-order valence-electron chi connectivity index (χ3n) is 4.92. The molecule has 0 atom stereocenters. The molecule has 146 valence electrons. The van der Waals surface area contributed by atoms with E-state index in [0.29, 0.717) is 11.6 Å². The molecule has 2 saturated heterocycles. The number of hydrogen-bond acceptors (Lipinski definition) is 6. The number of nitrogens with zero attached hydrogens (tertiary/aromatic N) is 3. The van der Waals surface area contributed by atoms with Crippen LogP contribution in [0.5, 0.6) is 0 Å². The Morgan fingerprint density at radius 2 is 1.93 bits per heavy atom. The van der Waals surface area contributed by atoms with Gasteiger partial charge < -0.3 is 4.90 Å². The number of aryl methyl sites for hydroxylation is 1. The molecule has 0 N–H and O–H groups in total. The van der Waals surface area contributed by atoms with Crippen LogP contribution in [0.2, 0.25) is 5.02 Å². The molecular formula is C20H20ClN3O2S2. The number of carbonyl (C=O) groups excluding carboxylic acids is 2. The van der Waals surface area contributed by atoms with Crippen molar-refractivity contribution in [3.63, 3.8) is 0 Å². The van der Waals surface area contributed by atoms with Crippen LogP contribution in [0.25, 0.3) is 6.08 Å². The van der Waals surface area contributed by atoms with Gasteiger partial charge in [-0.05, 0) is 53.9 Å². The van der Waals surface area contributed by atoms with Gasteiger partial charge in [0.2, 0.25) is 0 Å². The minimum absolute atomic E-state index is 0.194. The van der Waals surface area contributed by atoms with Crippen molar-refractivity contribution >= 4 is 57.6 Å². The minimum atomic E-state index is -0.198. The summed E-state index contributed by atoms with van der Waals surface area (Å²) in [6, 6.07) is 9.99. The number of benzene rings is 1. The lowest BCUT2D eigenvalue weighted by Crippen LogP contribution is -2.50. The maximum absolute atomic E-state index is 12.6. The van der Waals surface area contributed by atoms with Crippen molar-refractivity contribution in [1.29, 1.82) is 0 Å². The smallest absolute Gasteiger partial charge is 0.294 e. The topological polar surface area (TPSA) is 43.9 Å². The van der Waals surface area contributed by atoms with E-state index < -0.39 is 0 Å². The van der Waals surface area contributed by atoms with Gasteiger partial charge in [-0.2, -0.15) is 0 Å². The zero-order valence-electron chi connectivity index (χ0n) is 15.4. The molecule has 2 amide bonds. The highest BCUT2D eigenvalue weighted by molar-refractivity contribution is 8.18. The van der Waals surface area contributed by atoms with Gasteiger partial charge in [0.1, 0.15) is 0 Å². The van der Waals surface area contributed by atoms with Crippen LogP contribution >= 0.6 is 34.7 Å². The third-order valence-corrected chi connectivity index (χ3v) is 7.06. The van der Waals surface area contributed by atoms with Gasteiger partial charge in [-0.3, -0.25) is 19.4 Å². The summed E-state index contributed by atoms with van der Waals surface area (Å²) in [6.07, 6.45) is 1.80. The highest BCUT2D eigenvalue weighted by Gasteiger charge is 2.36. The molecule has 0 aliphatic carbocycles. The normalized spacial score (nSPS) is 19.9. The average molecular weight is 434 g/mol. The van der Waals surface area contributed by atoms with Crippen molar-refractivity contribution in [2.45, 2.75) is 6.92 Å². The van der Waals surface area contributed by atoms with Gasteiger partial charge in [-0.25, -0.2) is 0 Å². The van der Waals surface area contributed by atoms with Gasteiger partial charge in [0.15, 0.2) is 0 Å². The second kappa shape index (κ2) is 8.29. The quantitative estimate of drug-likeness (QED) is 0.663. The standard InChI is InChI=1S/C20H20ClN3O2S2/c1-14-4-5-15(11-17(14)21)23-8-6-22(7-9-23)13-24-19(25)18(28-20(24)26)12-16-3-2-10-27-16/h2-5,10-12H,6-9,13H2,1H3/b18-12+. The lowest BCUT2D eigenvalue weighted by molar-refractivity contribution is -0.124. The van der Waals surface area contributed by atoms with E-state index >= 15 is 0 Å². The fourth-order valence-electron chi connectivity index (χ4n) is 3.25. The molecule has 0 radical (unpaired) electrons. The number of anilines is 1. The second-order valence-electron chi connectivity index (χ2n) is 6.81. The zero-order valence-corrected chi connectivity index (χ0v) is 17.8. The molecule has 2 fully saturated rings. The lowest BCUT2D eigenvalue weighted by atomic mass is 10.2. The second-order valence-corrected chi connectivity index (χ2v) is 9.18. The van der Waals surface area contributed by atoms with Crippen LogP contribution in [-0.4, -0.2) is 53.8 Å². The fourth-order valence-corrected chi connectivity index (χ4v) is 4.98. The molecule has 8 heteroatoms. The van der Waals surface area contributed by atoms with Crippen LogP contribution in [-0.2, 0) is 4.79 Å². The van der Waals surface area contributed by atoms with E-state index in [0.717, 1.165) is 59.1 Å². The van der Waals surface area contributed by atoms with Crippen LogP contribution in [0.1, 0.15) is 10.4 Å². The molecule has 2 aliphatic heterocycles. The number of piperazine rings is 1. The summed E-state index contributed by atoms with van der Waals surface area (Å²) in [6.45, 7) is 5.58. The van der Waals surface area contributed by atoms with E-state index in [-0.39, 0.29) is 11.1 Å². The first-order valence-corrected chi connectivity index (χ1v) is 11.1. The van der Waals surface area contributed by atoms with Crippen molar-refractivity contribution in [2.24, 2.45) is 0 Å². The van der Waals surface area contributed by atoms with Gasteiger partial charge in [-0.15, -0.1) is 11.3 Å². The van der Waals surface area contributed by atoms with Gasteiger partial charge in [0.05, 0.1) is 11.6 Å². The van der Waals surface area contributed by atoms with E-state index in [1.54, 1.807) is 17.4 Å². The van der Waals surface area contributed by atoms with Gasteiger partial charge in [0, 0.05) is 41.8 Å². The molecule has 28 heavy (non-hydrogen) atoms. The summed E-state index contributed by atoms with van der Waals surface area (Å²) in [5.41, 5.74) is 2.18. The zero-order chi connectivity index (χ0) is 19.7. The first-order valence-electron chi connectivity index (χ1n) is 9.03. The summed E-state index contributed by atoms with van der Waals surface area (Å²) in [5, 5.41) is 2.53. The first-order chi connectivity index (χ1) is 13.5. The molecule has 1 aromatic carbocycles. The molecular weight excluding hydrogens is 414 g/mol. The Morgan fingerprint density at radius 1 is 1.14 bits per heavy atom. The molecule has 2 aromatic rings. The van der Waals surface area contributed by atoms with Gasteiger partial charge in [-0.1, -0.05) is 23.7 Å². The summed E-state index contributed by atoms with van der Waals surface area (Å²) < 4.78 is 0. The molecule has 0 bridgehead atoms. The van der Waals surface area contributed by atoms with Gasteiger partial charge in [0.25, 0.3) is 11.1 Å². The van der Waals surface area contributed by atoms with Gasteiger partial charge >= 0.3 is 0 Å². The molecule has 4 rings (SSSR count). The molecule has 0 spiro atoms. The van der Waals surface area contributed by atoms with Crippen molar-refractivity contribution < 1.29 is 9.59 Å². The third kappa shape index (κ3) is 4.12. The number of imide groups is 1. The van der Waals surface area contributed by atoms with Crippen LogP contribution in [0.4, 0.5) is 10.5 Å². The molecule has 5 nitrogen and oxygen atoms in total. The summed E-state index contributed by atoms with van der Waals surface area (Å²) in [5.74, 6) is -0.198. The Labute approximate surface area is 177 Å². The first kappa shape index (κ1) is 19.5. The predicted molar refractivity (Wildman–Crippen MR) is 117 cm³/mol. The van der Waals surface area contributed by atoms with Crippen LogP contribution in [0.15, 0.2) is 40.6 Å². The molecule has 0 saturated carbocycles. The Hall–Kier alpha value is -1.80. The number of hydrogen-bond donors (Lipinski definition) is 0. The van der Waals surface area contributed by atoms with E-state index in [4.69, 9.17) is 11.6 Å². The Morgan fingerprint density at radius 3 is 2.61 bits per heavy atom. The average Bonchev–Trinajstić information content (AvgIpc) is 3.29. The van der Waals surface area contributed by atoms with E-state index in [1.165, 1.54) is 4.90 Å². The number of thioether (sulfide) groups is 1. The number of amides is 2. The van der Waals surface area contributed by atoms with Crippen molar-refractivity contribution in [1.82, 2.24) is 9.80 Å². The highest BCUT2D eigenvalue weighted by atomic mass is 35.5. The largest absolute Gasteiger partial charge is 0.369 e. The van der Waals surface area contributed by atoms with Crippen molar-refractivity contribution in [3.8, 4) is 0 Å². The van der Waals surface area contributed by atoms with Crippen LogP contribution < -0.4 is 4.90 Å². The van der Waals surface area contributed by atoms with E-state index in [2.05, 4.69) is 15.9 Å². The van der Waals surface area contributed by atoms with Crippen LogP contribution in [0, 0.1) is 6.92 Å². The van der Waals surface area contributed by atoms with Crippen molar-refractivity contribution in [3.05, 3.63) is 56.1 Å². The summed E-state index contributed by atoms with van der Waals surface area (Å²) in [4.78, 5) is 32.2. The monoisotopic (exact) mass is 433 g/mol. The minimum Gasteiger partial charge on any atom is -0.369 e. The number of thiophene rings is 1. The fraction of sp³-hybridized carbons (Fsp3) is 0.300. The molecule has 1 aromatic heterocycles. The Balaban J connectivity index is 1.36. The van der Waals surface area contributed by atoms with Crippen molar-refractivity contribution in [2.75, 3.05) is 37.7 Å². The van der Waals surface area contributed by atoms with E-state index in [9.17, 15) is 9.59 Å². The maximum atomic E-state index is 12.6.